The number of fused-ring (bicyclic) bond motifs is 1. The van der Waals surface area contributed by atoms with E-state index in [0.717, 1.165) is 10.9 Å². The van der Waals surface area contributed by atoms with Crippen molar-refractivity contribution in [1.29, 1.82) is 0 Å². The molecule has 19 heavy (non-hydrogen) atoms. The zero-order valence-corrected chi connectivity index (χ0v) is 10.4. The van der Waals surface area contributed by atoms with Gasteiger partial charge >= 0.3 is 0 Å². The van der Waals surface area contributed by atoms with Crippen molar-refractivity contribution in [3.63, 3.8) is 0 Å². The van der Waals surface area contributed by atoms with Crippen molar-refractivity contribution in [2.24, 2.45) is 0 Å². The molecule has 0 saturated carbocycles. The normalized spacial score (nSPS) is 12.7. The van der Waals surface area contributed by atoms with Gasteiger partial charge in [0.25, 0.3) is 0 Å². The predicted octanol–water partition coefficient (Wildman–Crippen LogP) is 3.28. The maximum atomic E-state index is 13.6. The highest BCUT2D eigenvalue weighted by molar-refractivity contribution is 5.78. The third kappa shape index (κ3) is 2.11. The Morgan fingerprint density at radius 2 is 2.00 bits per heavy atom. The lowest BCUT2D eigenvalue weighted by atomic mass is 10.1. The molecule has 2 aromatic heterocycles. The molecule has 3 aromatic rings. The van der Waals surface area contributed by atoms with Gasteiger partial charge in [-0.3, -0.25) is 4.98 Å². The third-order valence-electron chi connectivity index (χ3n) is 3.13. The van der Waals surface area contributed by atoms with Crippen molar-refractivity contribution in [1.82, 2.24) is 10.3 Å². The third-order valence-corrected chi connectivity index (χ3v) is 3.13. The Morgan fingerprint density at radius 3 is 2.68 bits per heavy atom. The molecule has 1 atom stereocenters. The molecule has 0 bridgehead atoms. The fourth-order valence-electron chi connectivity index (χ4n) is 2.22. The number of pyridine rings is 1. The summed E-state index contributed by atoms with van der Waals surface area (Å²) in [5, 5.41) is 3.94. The van der Waals surface area contributed by atoms with Gasteiger partial charge in [-0.1, -0.05) is 12.1 Å². The number of benzene rings is 1. The molecule has 0 spiro atoms. The van der Waals surface area contributed by atoms with E-state index >= 15 is 0 Å². The summed E-state index contributed by atoms with van der Waals surface area (Å²) in [5.74, 6) is 0.349. The average molecular weight is 256 g/mol. The minimum absolute atomic E-state index is 0.116. The highest BCUT2D eigenvalue weighted by Crippen LogP contribution is 2.29. The first kappa shape index (κ1) is 11.9. The van der Waals surface area contributed by atoms with Gasteiger partial charge in [-0.15, -0.1) is 0 Å². The molecular weight excluding hydrogens is 243 g/mol. The number of rotatable bonds is 3. The van der Waals surface area contributed by atoms with Crippen LogP contribution in [0.15, 0.2) is 53.2 Å². The van der Waals surface area contributed by atoms with Crippen LogP contribution in [0.3, 0.4) is 0 Å². The highest BCUT2D eigenvalue weighted by atomic mass is 19.1. The van der Waals surface area contributed by atoms with Gasteiger partial charge in [-0.25, -0.2) is 4.39 Å². The molecule has 0 saturated heterocycles. The first-order valence-electron chi connectivity index (χ1n) is 6.05. The van der Waals surface area contributed by atoms with Crippen LogP contribution in [0.1, 0.15) is 17.4 Å². The number of halogens is 1. The minimum atomic E-state index is -0.340. The standard InChI is InChI=1S/C15H13FN2O/c1-17-14(10-5-7-18-8-6-10)13-9-11-3-2-4-12(16)15(11)19-13/h2-9,14,17H,1H3. The van der Waals surface area contributed by atoms with Crippen molar-refractivity contribution in [2.45, 2.75) is 6.04 Å². The summed E-state index contributed by atoms with van der Waals surface area (Å²) in [6, 6.07) is 10.5. The van der Waals surface area contributed by atoms with Gasteiger partial charge in [0.15, 0.2) is 11.4 Å². The molecule has 4 heteroatoms. The maximum Gasteiger partial charge on any atom is 0.169 e. The second-order valence-electron chi connectivity index (χ2n) is 4.31. The van der Waals surface area contributed by atoms with Gasteiger partial charge in [-0.2, -0.15) is 0 Å². The van der Waals surface area contributed by atoms with Gasteiger partial charge in [0.1, 0.15) is 5.76 Å². The molecule has 96 valence electrons. The number of hydrogen-bond acceptors (Lipinski definition) is 3. The summed E-state index contributed by atoms with van der Waals surface area (Å²) >= 11 is 0. The molecular formula is C15H13FN2O. The summed E-state index contributed by atoms with van der Waals surface area (Å²) in [4.78, 5) is 3.99. The van der Waals surface area contributed by atoms with Crippen LogP contribution in [0.5, 0.6) is 0 Å². The van der Waals surface area contributed by atoms with Crippen LogP contribution in [-0.2, 0) is 0 Å². The number of aromatic nitrogens is 1. The number of furan rings is 1. The largest absolute Gasteiger partial charge is 0.456 e. The molecule has 0 aliphatic carbocycles. The molecule has 1 N–H and O–H groups in total. The summed E-state index contributed by atoms with van der Waals surface area (Å²) in [6.07, 6.45) is 3.45. The topological polar surface area (TPSA) is 38.1 Å². The highest BCUT2D eigenvalue weighted by Gasteiger charge is 2.17. The second-order valence-corrected chi connectivity index (χ2v) is 4.31. The van der Waals surface area contributed by atoms with Gasteiger partial charge < -0.3 is 9.73 Å². The Bertz CT molecular complexity index is 694. The zero-order chi connectivity index (χ0) is 13.2. The lowest BCUT2D eigenvalue weighted by molar-refractivity contribution is 0.476. The van der Waals surface area contributed by atoms with Crippen molar-refractivity contribution < 1.29 is 8.81 Å². The molecule has 3 nitrogen and oxygen atoms in total. The van der Waals surface area contributed by atoms with E-state index in [1.165, 1.54) is 6.07 Å². The molecule has 1 unspecified atom stereocenters. The van der Waals surface area contributed by atoms with Gasteiger partial charge in [0.2, 0.25) is 0 Å². The molecule has 0 aliphatic rings. The van der Waals surface area contributed by atoms with Crippen molar-refractivity contribution in [3.8, 4) is 0 Å². The molecule has 0 radical (unpaired) electrons. The van der Waals surface area contributed by atoms with E-state index in [9.17, 15) is 4.39 Å². The molecule has 3 rings (SSSR count). The SMILES string of the molecule is CNC(c1ccncc1)c1cc2cccc(F)c2o1. The molecule has 1 aromatic carbocycles. The van der Waals surface area contributed by atoms with E-state index in [-0.39, 0.29) is 11.9 Å². The van der Waals surface area contributed by atoms with Crippen LogP contribution >= 0.6 is 0 Å². The summed E-state index contributed by atoms with van der Waals surface area (Å²) in [7, 11) is 1.84. The first-order chi connectivity index (χ1) is 9.29. The Morgan fingerprint density at radius 1 is 1.21 bits per heavy atom. The van der Waals surface area contributed by atoms with Crippen molar-refractivity contribution >= 4 is 11.0 Å². The van der Waals surface area contributed by atoms with Crippen LogP contribution in [0, 0.1) is 5.82 Å². The molecule has 0 aliphatic heterocycles. The Labute approximate surface area is 110 Å². The van der Waals surface area contributed by atoms with Crippen molar-refractivity contribution in [2.75, 3.05) is 7.05 Å². The number of para-hydroxylation sites is 1. The Balaban J connectivity index is 2.09. The first-order valence-corrected chi connectivity index (χ1v) is 6.05. The van der Waals surface area contributed by atoms with E-state index in [1.54, 1.807) is 18.5 Å². The number of hydrogen-bond donors (Lipinski definition) is 1. The average Bonchev–Trinajstić information content (AvgIpc) is 2.86. The fourth-order valence-corrected chi connectivity index (χ4v) is 2.22. The summed E-state index contributed by atoms with van der Waals surface area (Å²) < 4.78 is 19.3. The Hall–Kier alpha value is -2.20. The van der Waals surface area contributed by atoms with Crippen LogP contribution < -0.4 is 5.32 Å². The maximum absolute atomic E-state index is 13.6. The van der Waals surface area contributed by atoms with Crippen LogP contribution in [0.25, 0.3) is 11.0 Å². The zero-order valence-electron chi connectivity index (χ0n) is 10.4. The van der Waals surface area contributed by atoms with E-state index in [4.69, 9.17) is 4.42 Å². The predicted molar refractivity (Wildman–Crippen MR) is 71.3 cm³/mol. The van der Waals surface area contributed by atoms with E-state index in [1.807, 2.05) is 31.3 Å². The molecule has 0 amide bonds. The summed E-state index contributed by atoms with van der Waals surface area (Å²) in [5.41, 5.74) is 1.32. The minimum Gasteiger partial charge on any atom is -0.456 e. The second kappa shape index (κ2) is 4.82. The monoisotopic (exact) mass is 256 g/mol. The van der Waals surface area contributed by atoms with Crippen LogP contribution in [0.4, 0.5) is 4.39 Å². The smallest absolute Gasteiger partial charge is 0.169 e. The van der Waals surface area contributed by atoms with Crippen LogP contribution in [0.2, 0.25) is 0 Å². The van der Waals surface area contributed by atoms with E-state index in [2.05, 4.69) is 10.3 Å². The lowest BCUT2D eigenvalue weighted by Gasteiger charge is -2.13. The van der Waals surface area contributed by atoms with Gasteiger partial charge in [0.05, 0.1) is 6.04 Å². The van der Waals surface area contributed by atoms with Gasteiger partial charge in [0, 0.05) is 17.8 Å². The van der Waals surface area contributed by atoms with E-state index in [0.29, 0.717) is 11.3 Å². The summed E-state index contributed by atoms with van der Waals surface area (Å²) in [6.45, 7) is 0. The van der Waals surface area contributed by atoms with E-state index < -0.39 is 0 Å². The number of nitrogens with one attached hydrogen (secondary N) is 1. The lowest BCUT2D eigenvalue weighted by Crippen LogP contribution is -2.16. The van der Waals surface area contributed by atoms with Crippen molar-refractivity contribution in [3.05, 3.63) is 65.9 Å². The van der Waals surface area contributed by atoms with Gasteiger partial charge in [-0.05, 0) is 36.9 Å². The molecule has 2 heterocycles. The van der Waals surface area contributed by atoms with Crippen LogP contribution in [-0.4, -0.2) is 12.0 Å². The Kier molecular flexibility index (Phi) is 3.01. The number of nitrogens with zero attached hydrogens (tertiary/aromatic N) is 1. The quantitative estimate of drug-likeness (QED) is 0.781. The fraction of sp³-hybridized carbons (Fsp3) is 0.133. The molecule has 0 fully saturated rings.